The molecule has 0 aliphatic heterocycles. The summed E-state index contributed by atoms with van der Waals surface area (Å²) in [6.07, 6.45) is 1.56. The normalized spacial score (nSPS) is 11.0. The second-order valence-electron chi connectivity index (χ2n) is 7.47. The third-order valence-electron chi connectivity index (χ3n) is 4.58. The van der Waals surface area contributed by atoms with E-state index in [9.17, 15) is 10.1 Å². The molecule has 3 rings (SSSR count). The van der Waals surface area contributed by atoms with E-state index in [-0.39, 0.29) is 5.57 Å². The van der Waals surface area contributed by atoms with Gasteiger partial charge in [0.1, 0.15) is 24.0 Å². The first-order chi connectivity index (χ1) is 14.8. The van der Waals surface area contributed by atoms with Gasteiger partial charge in [0.25, 0.3) is 5.91 Å². The fourth-order valence-electron chi connectivity index (χ4n) is 3.27. The van der Waals surface area contributed by atoms with Crippen LogP contribution < -0.4 is 10.1 Å². The Labute approximate surface area is 191 Å². The van der Waals surface area contributed by atoms with Crippen molar-refractivity contribution in [3.63, 3.8) is 0 Å². The van der Waals surface area contributed by atoms with Gasteiger partial charge in [0.2, 0.25) is 0 Å². The number of hydrogen-bond donors (Lipinski definition) is 1. The fourth-order valence-corrected chi connectivity index (χ4v) is 3.78. The van der Waals surface area contributed by atoms with Crippen molar-refractivity contribution >= 4 is 33.6 Å². The Morgan fingerprint density at radius 3 is 2.42 bits per heavy atom. The highest BCUT2D eigenvalue weighted by molar-refractivity contribution is 9.10. The number of anilines is 1. The van der Waals surface area contributed by atoms with E-state index in [1.807, 2.05) is 49.4 Å². The summed E-state index contributed by atoms with van der Waals surface area (Å²) in [7, 11) is 0. The number of benzene rings is 3. The van der Waals surface area contributed by atoms with Crippen LogP contribution in [0.15, 0.2) is 70.7 Å². The van der Waals surface area contributed by atoms with Crippen LogP contribution in [0.2, 0.25) is 0 Å². The van der Waals surface area contributed by atoms with Crippen molar-refractivity contribution in [2.24, 2.45) is 0 Å². The molecule has 0 aromatic heterocycles. The first-order valence-corrected chi connectivity index (χ1v) is 10.6. The van der Waals surface area contributed by atoms with Crippen molar-refractivity contribution in [2.75, 3.05) is 5.32 Å². The zero-order chi connectivity index (χ0) is 22.4. The molecule has 0 spiro atoms. The average Bonchev–Trinajstić information content (AvgIpc) is 2.70. The summed E-state index contributed by atoms with van der Waals surface area (Å²) in [4.78, 5) is 12.5. The maximum atomic E-state index is 12.5. The molecule has 0 aliphatic rings. The zero-order valence-corrected chi connectivity index (χ0v) is 19.3. The van der Waals surface area contributed by atoms with Gasteiger partial charge in [-0.15, -0.1) is 0 Å². The monoisotopic (exact) mass is 474 g/mol. The molecule has 0 radical (unpaired) electrons. The van der Waals surface area contributed by atoms with Crippen LogP contribution in [-0.4, -0.2) is 5.91 Å². The fraction of sp³-hybridized carbons (Fsp3) is 0.154. The molecule has 156 valence electrons. The number of nitriles is 1. The predicted molar refractivity (Wildman–Crippen MR) is 128 cm³/mol. The van der Waals surface area contributed by atoms with Gasteiger partial charge in [0, 0.05) is 5.69 Å². The van der Waals surface area contributed by atoms with Crippen molar-refractivity contribution < 1.29 is 9.53 Å². The van der Waals surface area contributed by atoms with Gasteiger partial charge in [0.15, 0.2) is 0 Å². The van der Waals surface area contributed by atoms with Gasteiger partial charge < -0.3 is 10.1 Å². The van der Waals surface area contributed by atoms with E-state index < -0.39 is 5.91 Å². The first kappa shape index (κ1) is 22.3. The minimum absolute atomic E-state index is 0.0253. The molecule has 0 fully saturated rings. The van der Waals surface area contributed by atoms with Gasteiger partial charge in [-0.25, -0.2) is 0 Å². The molecule has 0 heterocycles. The third kappa shape index (κ3) is 6.31. The van der Waals surface area contributed by atoms with Gasteiger partial charge >= 0.3 is 0 Å². The van der Waals surface area contributed by atoms with E-state index in [2.05, 4.69) is 53.3 Å². The number of ether oxygens (including phenoxy) is 1. The topological polar surface area (TPSA) is 62.1 Å². The number of carbonyl (C=O) groups excluding carboxylic acids is 1. The van der Waals surface area contributed by atoms with E-state index in [1.54, 1.807) is 12.1 Å². The molecule has 0 aliphatic carbocycles. The standard InChI is InChI=1S/C26H23BrN2O2/c1-17-5-4-6-23(12-17)29-26(30)22(15-28)13-20-7-8-25(24(27)14-20)31-16-21-10-18(2)9-19(3)11-21/h4-14H,16H2,1-3H3,(H,29,30)/b22-13+. The molecule has 3 aromatic carbocycles. The van der Waals surface area contributed by atoms with Crippen LogP contribution in [-0.2, 0) is 11.4 Å². The maximum Gasteiger partial charge on any atom is 0.266 e. The summed E-state index contributed by atoms with van der Waals surface area (Å²) in [6, 6.07) is 21.2. The van der Waals surface area contributed by atoms with Crippen molar-refractivity contribution in [2.45, 2.75) is 27.4 Å². The van der Waals surface area contributed by atoms with E-state index in [1.165, 1.54) is 11.1 Å². The maximum absolute atomic E-state index is 12.5. The number of aryl methyl sites for hydroxylation is 3. The van der Waals surface area contributed by atoms with Crippen molar-refractivity contribution in [3.05, 3.63) is 98.5 Å². The average molecular weight is 475 g/mol. The molecule has 0 saturated heterocycles. The zero-order valence-electron chi connectivity index (χ0n) is 17.7. The van der Waals surface area contributed by atoms with Crippen LogP contribution in [0, 0.1) is 32.1 Å². The highest BCUT2D eigenvalue weighted by Gasteiger charge is 2.11. The van der Waals surface area contributed by atoms with Crippen LogP contribution >= 0.6 is 15.9 Å². The Hall–Kier alpha value is -3.36. The van der Waals surface area contributed by atoms with Crippen LogP contribution in [0.4, 0.5) is 5.69 Å². The van der Waals surface area contributed by atoms with Crippen LogP contribution in [0.3, 0.4) is 0 Å². The lowest BCUT2D eigenvalue weighted by atomic mass is 10.1. The largest absolute Gasteiger partial charge is 0.488 e. The lowest BCUT2D eigenvalue weighted by Gasteiger charge is -2.10. The summed E-state index contributed by atoms with van der Waals surface area (Å²) in [5.41, 5.74) is 5.94. The predicted octanol–water partition coefficient (Wildman–Crippen LogP) is 6.50. The Morgan fingerprint density at radius 1 is 1.03 bits per heavy atom. The minimum atomic E-state index is -0.445. The van der Waals surface area contributed by atoms with Gasteiger partial charge in [-0.05, 0) is 83.7 Å². The van der Waals surface area contributed by atoms with Gasteiger partial charge in [-0.3, -0.25) is 4.79 Å². The Kier molecular flexibility index (Phi) is 7.28. The molecule has 31 heavy (non-hydrogen) atoms. The summed E-state index contributed by atoms with van der Waals surface area (Å²) < 4.78 is 6.70. The molecule has 3 aromatic rings. The Bertz CT molecular complexity index is 1170. The molecule has 0 atom stereocenters. The van der Waals surface area contributed by atoms with Gasteiger partial charge in [-0.2, -0.15) is 5.26 Å². The molecule has 0 unspecified atom stereocenters. The van der Waals surface area contributed by atoms with Crippen LogP contribution in [0.5, 0.6) is 5.75 Å². The number of hydrogen-bond acceptors (Lipinski definition) is 3. The van der Waals surface area contributed by atoms with E-state index in [0.29, 0.717) is 18.0 Å². The molecule has 4 nitrogen and oxygen atoms in total. The molecule has 1 amide bonds. The lowest BCUT2D eigenvalue weighted by molar-refractivity contribution is -0.112. The molecule has 5 heteroatoms. The van der Waals surface area contributed by atoms with E-state index in [4.69, 9.17) is 4.74 Å². The van der Waals surface area contributed by atoms with Crippen LogP contribution in [0.25, 0.3) is 6.08 Å². The quantitative estimate of drug-likeness (QED) is 0.327. The number of rotatable bonds is 6. The van der Waals surface area contributed by atoms with Crippen molar-refractivity contribution in [1.82, 2.24) is 0 Å². The van der Waals surface area contributed by atoms with E-state index >= 15 is 0 Å². The SMILES string of the molecule is Cc1cc(C)cc(COc2ccc(/C=C(\C#N)C(=O)Nc3cccc(C)c3)cc2Br)c1. The smallest absolute Gasteiger partial charge is 0.266 e. The second-order valence-corrected chi connectivity index (χ2v) is 8.32. The molecular weight excluding hydrogens is 452 g/mol. The number of nitrogens with one attached hydrogen (secondary N) is 1. The summed E-state index contributed by atoms with van der Waals surface area (Å²) in [5.74, 6) is 0.249. The highest BCUT2D eigenvalue weighted by atomic mass is 79.9. The van der Waals surface area contributed by atoms with Gasteiger partial charge in [0.05, 0.1) is 4.47 Å². The second kappa shape index (κ2) is 10.1. The minimum Gasteiger partial charge on any atom is -0.488 e. The highest BCUT2D eigenvalue weighted by Crippen LogP contribution is 2.28. The van der Waals surface area contributed by atoms with Crippen molar-refractivity contribution in [1.29, 1.82) is 5.26 Å². The summed E-state index contributed by atoms with van der Waals surface area (Å²) in [6.45, 7) is 6.53. The summed E-state index contributed by atoms with van der Waals surface area (Å²) >= 11 is 3.52. The number of nitrogens with zero attached hydrogens (tertiary/aromatic N) is 1. The van der Waals surface area contributed by atoms with E-state index in [0.717, 1.165) is 21.2 Å². The molecule has 1 N–H and O–H groups in total. The molecule has 0 saturated carbocycles. The number of halogens is 1. The van der Waals surface area contributed by atoms with Crippen molar-refractivity contribution in [3.8, 4) is 11.8 Å². The number of carbonyl (C=O) groups is 1. The molecular formula is C26H23BrN2O2. The van der Waals surface area contributed by atoms with Gasteiger partial charge in [-0.1, -0.05) is 47.5 Å². The molecule has 0 bridgehead atoms. The third-order valence-corrected chi connectivity index (χ3v) is 5.20. The first-order valence-electron chi connectivity index (χ1n) is 9.83. The summed E-state index contributed by atoms with van der Waals surface area (Å²) in [5, 5.41) is 12.2. The van der Waals surface area contributed by atoms with Crippen LogP contribution in [0.1, 0.15) is 27.8 Å². The Balaban J connectivity index is 1.72. The Morgan fingerprint density at radius 2 is 1.77 bits per heavy atom. The lowest BCUT2D eigenvalue weighted by Crippen LogP contribution is -2.13. The number of amides is 1.